The summed E-state index contributed by atoms with van der Waals surface area (Å²) in [6.07, 6.45) is 0. The fourth-order valence-electron chi connectivity index (χ4n) is 1.64. The summed E-state index contributed by atoms with van der Waals surface area (Å²) in [7, 11) is 0. The number of carbonyl (C=O) groups excluding carboxylic acids is 2. The molecule has 140 valence electrons. The maximum atomic E-state index is 10.6. The minimum atomic E-state index is -1.51. The Kier molecular flexibility index (Phi) is 9.32. The van der Waals surface area contributed by atoms with Crippen molar-refractivity contribution in [3.05, 3.63) is 70.8 Å². The van der Waals surface area contributed by atoms with Gasteiger partial charge in [0.25, 0.3) is 10.5 Å². The van der Waals surface area contributed by atoms with E-state index in [1.54, 1.807) is 30.3 Å². The summed E-state index contributed by atoms with van der Waals surface area (Å²) in [5, 5.41) is -1.20. The molecule has 0 aliphatic heterocycles. The molecule has 0 radical (unpaired) electrons. The monoisotopic (exact) mass is 512 g/mol. The molecular formula is C16H8Cl8O2. The molecule has 0 saturated carbocycles. The number of rotatable bonds is 2. The van der Waals surface area contributed by atoms with Crippen LogP contribution in [0.5, 0.6) is 0 Å². The summed E-state index contributed by atoms with van der Waals surface area (Å²) in [4.78, 5) is 21.3. The highest BCUT2D eigenvalue weighted by molar-refractivity contribution is 6.69. The van der Waals surface area contributed by atoms with Gasteiger partial charge in [0, 0.05) is 22.3 Å². The number of alkyl halides is 6. The molecule has 0 aliphatic carbocycles. The van der Waals surface area contributed by atoms with E-state index in [0.717, 1.165) is 0 Å². The Morgan fingerprint density at radius 1 is 0.615 bits per heavy atom. The molecule has 0 bridgehead atoms. The maximum absolute atomic E-state index is 10.6. The van der Waals surface area contributed by atoms with Crippen molar-refractivity contribution in [3.8, 4) is 0 Å². The van der Waals surface area contributed by atoms with Crippen LogP contribution in [-0.2, 0) is 7.59 Å². The molecule has 0 unspecified atom stereocenters. The van der Waals surface area contributed by atoms with Crippen LogP contribution in [0.3, 0.4) is 0 Å². The molecule has 2 aromatic rings. The van der Waals surface area contributed by atoms with Crippen molar-refractivity contribution in [1.29, 1.82) is 0 Å². The van der Waals surface area contributed by atoms with Gasteiger partial charge in [0.15, 0.2) is 0 Å². The Labute approximate surface area is 190 Å². The van der Waals surface area contributed by atoms with Crippen molar-refractivity contribution in [2.45, 2.75) is 7.59 Å². The molecule has 0 aliphatic rings. The molecule has 0 saturated heterocycles. The van der Waals surface area contributed by atoms with Crippen LogP contribution in [-0.4, -0.2) is 10.5 Å². The van der Waals surface area contributed by atoms with E-state index in [9.17, 15) is 9.59 Å². The lowest BCUT2D eigenvalue weighted by atomic mass is 10.1. The second kappa shape index (κ2) is 10.0. The van der Waals surface area contributed by atoms with Crippen molar-refractivity contribution < 1.29 is 9.59 Å². The van der Waals surface area contributed by atoms with Crippen LogP contribution in [0.1, 0.15) is 31.8 Å². The summed E-state index contributed by atoms with van der Waals surface area (Å²) in [5.41, 5.74) is 1.46. The van der Waals surface area contributed by atoms with Crippen LogP contribution in [0, 0.1) is 0 Å². The third-order valence-corrected chi connectivity index (χ3v) is 4.58. The van der Waals surface area contributed by atoms with E-state index in [-0.39, 0.29) is 11.1 Å². The van der Waals surface area contributed by atoms with Gasteiger partial charge in [0.1, 0.15) is 0 Å². The Balaban J connectivity index is 0.000000263. The van der Waals surface area contributed by atoms with Crippen molar-refractivity contribution in [1.82, 2.24) is 0 Å². The zero-order chi connectivity index (χ0) is 20.1. The van der Waals surface area contributed by atoms with Crippen LogP contribution in [0.4, 0.5) is 0 Å². The van der Waals surface area contributed by atoms with Gasteiger partial charge in [-0.05, 0) is 35.3 Å². The average Bonchev–Trinajstić information content (AvgIpc) is 2.54. The van der Waals surface area contributed by atoms with Crippen molar-refractivity contribution in [2.24, 2.45) is 0 Å². The van der Waals surface area contributed by atoms with Gasteiger partial charge < -0.3 is 0 Å². The van der Waals surface area contributed by atoms with Crippen LogP contribution >= 0.6 is 92.8 Å². The standard InChI is InChI=1S/C8H4Cl6.C8H4Cl2O2/c9-7(10,11)5-2-1-3-6(4-5)8(12,13)14;9-7(11)5-2-1-3-6(4-5)8(10)12/h1-4H;1-4H. The molecule has 2 aromatic carbocycles. The van der Waals surface area contributed by atoms with Crippen LogP contribution in [0.2, 0.25) is 0 Å². The van der Waals surface area contributed by atoms with Gasteiger partial charge in [-0.2, -0.15) is 0 Å². The Hall–Kier alpha value is 0.1000. The van der Waals surface area contributed by atoms with Crippen LogP contribution in [0.15, 0.2) is 48.5 Å². The minimum absolute atomic E-state index is 0.267. The number of hydrogen-bond acceptors (Lipinski definition) is 2. The Bertz CT molecular complexity index is 735. The van der Waals surface area contributed by atoms with Gasteiger partial charge in [-0.15, -0.1) is 0 Å². The Morgan fingerprint density at radius 3 is 1.27 bits per heavy atom. The topological polar surface area (TPSA) is 34.1 Å². The fourth-order valence-corrected chi connectivity index (χ4v) is 2.58. The molecule has 26 heavy (non-hydrogen) atoms. The summed E-state index contributed by atoms with van der Waals surface area (Å²) in [6.45, 7) is 0. The van der Waals surface area contributed by atoms with E-state index in [4.69, 9.17) is 92.8 Å². The first kappa shape index (κ1) is 24.1. The maximum Gasteiger partial charge on any atom is 0.252 e. The molecule has 0 atom stereocenters. The molecule has 10 heteroatoms. The predicted molar refractivity (Wildman–Crippen MR) is 112 cm³/mol. The second-order valence-corrected chi connectivity index (χ2v) is 9.95. The largest absolute Gasteiger partial charge is 0.276 e. The van der Waals surface area contributed by atoms with Crippen molar-refractivity contribution >= 4 is 103 Å². The lowest BCUT2D eigenvalue weighted by Gasteiger charge is -2.16. The van der Waals surface area contributed by atoms with Gasteiger partial charge in [0.05, 0.1) is 0 Å². The number of hydrogen-bond donors (Lipinski definition) is 0. The summed E-state index contributed by atoms with van der Waals surface area (Å²) < 4.78 is -3.02. The van der Waals surface area contributed by atoms with Gasteiger partial charge in [-0.25, -0.2) is 0 Å². The summed E-state index contributed by atoms with van der Waals surface area (Å²) in [6, 6.07) is 12.4. The van der Waals surface area contributed by atoms with E-state index < -0.39 is 18.1 Å². The summed E-state index contributed by atoms with van der Waals surface area (Å²) in [5.74, 6) is 0. The number of carbonyl (C=O) groups is 2. The van der Waals surface area contributed by atoms with Crippen LogP contribution in [0.25, 0.3) is 0 Å². The average molecular weight is 516 g/mol. The van der Waals surface area contributed by atoms with E-state index >= 15 is 0 Å². The van der Waals surface area contributed by atoms with Crippen LogP contribution < -0.4 is 0 Å². The molecule has 0 fully saturated rings. The molecule has 2 nitrogen and oxygen atoms in total. The zero-order valence-electron chi connectivity index (χ0n) is 12.5. The molecule has 2 rings (SSSR count). The predicted octanol–water partition coefficient (Wildman–Crippen LogP) is 7.78. The molecule has 0 aromatic heterocycles. The zero-order valence-corrected chi connectivity index (χ0v) is 18.5. The first-order valence-electron chi connectivity index (χ1n) is 6.56. The fraction of sp³-hybridized carbons (Fsp3) is 0.125. The molecule has 0 amide bonds. The highest BCUT2D eigenvalue weighted by atomic mass is 35.6. The van der Waals surface area contributed by atoms with Gasteiger partial charge in [-0.3, -0.25) is 9.59 Å². The van der Waals surface area contributed by atoms with Crippen molar-refractivity contribution in [2.75, 3.05) is 0 Å². The van der Waals surface area contributed by atoms with Gasteiger partial charge in [0.2, 0.25) is 7.59 Å². The number of halogens is 8. The lowest BCUT2D eigenvalue weighted by molar-refractivity contribution is 0.108. The molecule has 0 heterocycles. The molecule has 0 spiro atoms. The minimum Gasteiger partial charge on any atom is -0.276 e. The highest BCUT2D eigenvalue weighted by Gasteiger charge is 2.27. The molecular weight excluding hydrogens is 508 g/mol. The highest BCUT2D eigenvalue weighted by Crippen LogP contribution is 2.43. The third-order valence-electron chi connectivity index (χ3n) is 2.83. The van der Waals surface area contributed by atoms with Gasteiger partial charge >= 0.3 is 0 Å². The smallest absolute Gasteiger partial charge is 0.252 e. The SMILES string of the molecule is ClC(Cl)(Cl)c1cccc(C(Cl)(Cl)Cl)c1.O=C(Cl)c1cccc(C(=O)Cl)c1. The van der Waals surface area contributed by atoms with E-state index in [0.29, 0.717) is 11.1 Å². The van der Waals surface area contributed by atoms with E-state index in [1.165, 1.54) is 18.2 Å². The van der Waals surface area contributed by atoms with E-state index in [2.05, 4.69) is 0 Å². The first-order valence-corrected chi connectivity index (χ1v) is 9.59. The number of benzene rings is 2. The normalized spacial score (nSPS) is 11.4. The van der Waals surface area contributed by atoms with Gasteiger partial charge in [-0.1, -0.05) is 106 Å². The quantitative estimate of drug-likeness (QED) is 0.302. The lowest BCUT2D eigenvalue weighted by Crippen LogP contribution is -2.05. The first-order chi connectivity index (χ1) is 11.8. The Morgan fingerprint density at radius 2 is 0.962 bits per heavy atom. The third kappa shape index (κ3) is 8.00. The van der Waals surface area contributed by atoms with Crippen molar-refractivity contribution in [3.63, 3.8) is 0 Å². The second-order valence-electron chi connectivity index (χ2n) is 4.70. The summed E-state index contributed by atoms with van der Waals surface area (Å²) >= 11 is 44.5. The molecule has 0 N–H and O–H groups in total. The van der Waals surface area contributed by atoms with E-state index in [1.807, 2.05) is 0 Å².